The fraction of sp³-hybridized carbons (Fsp3) is 0.455. The Morgan fingerprint density at radius 3 is 2.46 bits per heavy atom. The smallest absolute Gasteiger partial charge is 0.113 e. The summed E-state index contributed by atoms with van der Waals surface area (Å²) < 4.78 is 13.3. The molecule has 0 spiro atoms. The van der Waals surface area contributed by atoms with Crippen molar-refractivity contribution in [2.75, 3.05) is 5.73 Å². The van der Waals surface area contributed by atoms with Crippen LogP contribution < -0.4 is 5.73 Å². The summed E-state index contributed by atoms with van der Waals surface area (Å²) in [5.41, 5.74) is 7.05. The molecule has 3 saturated carbocycles. The van der Waals surface area contributed by atoms with E-state index in [1.54, 1.807) is 0 Å². The molecule has 1 aromatic rings. The molecule has 1 nitrogen and oxygen atoms in total. The molecule has 0 atom stereocenters. The lowest BCUT2D eigenvalue weighted by Crippen LogP contribution is -2.67. The van der Waals surface area contributed by atoms with E-state index in [-0.39, 0.29) is 5.41 Å². The summed E-state index contributed by atoms with van der Waals surface area (Å²) in [6.45, 7) is 0. The molecular weight excluding hydrogens is 165 g/mol. The molecule has 3 aliphatic rings. The highest BCUT2D eigenvalue weighted by atomic mass is 19.1. The molecule has 2 N–H and O–H groups in total. The van der Waals surface area contributed by atoms with E-state index in [4.69, 9.17) is 5.73 Å². The van der Waals surface area contributed by atoms with Gasteiger partial charge in [-0.05, 0) is 37.0 Å². The molecule has 0 aliphatic heterocycles. The van der Waals surface area contributed by atoms with Crippen LogP contribution in [0.5, 0.6) is 0 Å². The van der Waals surface area contributed by atoms with E-state index >= 15 is 0 Å². The predicted octanol–water partition coefficient (Wildman–Crippen LogP) is 2.41. The molecular formula is C11H12FN. The van der Waals surface area contributed by atoms with Crippen molar-refractivity contribution < 1.29 is 4.39 Å². The van der Waals surface area contributed by atoms with Gasteiger partial charge in [0.05, 0.1) is 0 Å². The lowest BCUT2D eigenvalue weighted by atomic mass is 9.40. The molecule has 68 valence electrons. The number of hydrogen-bond donors (Lipinski definition) is 1. The highest BCUT2D eigenvalue weighted by Gasteiger charge is 2.69. The molecule has 0 unspecified atom stereocenters. The lowest BCUT2D eigenvalue weighted by Gasteiger charge is -2.66. The fourth-order valence-electron chi connectivity index (χ4n) is 2.84. The van der Waals surface area contributed by atoms with Gasteiger partial charge in [0.2, 0.25) is 0 Å². The van der Waals surface area contributed by atoms with Gasteiger partial charge in [-0.3, -0.25) is 0 Å². The van der Waals surface area contributed by atoms with Crippen LogP contribution in [0.3, 0.4) is 0 Å². The van der Waals surface area contributed by atoms with Gasteiger partial charge >= 0.3 is 0 Å². The molecule has 4 rings (SSSR count). The van der Waals surface area contributed by atoms with E-state index in [2.05, 4.69) is 6.07 Å². The maximum absolute atomic E-state index is 13.3. The second kappa shape index (κ2) is 1.89. The minimum Gasteiger partial charge on any atom is -0.399 e. The van der Waals surface area contributed by atoms with Crippen molar-refractivity contribution in [3.05, 3.63) is 29.8 Å². The quantitative estimate of drug-likeness (QED) is 0.655. The third-order valence-corrected chi connectivity index (χ3v) is 3.46. The van der Waals surface area contributed by atoms with Crippen molar-refractivity contribution in [3.8, 4) is 0 Å². The van der Waals surface area contributed by atoms with Crippen LogP contribution in [0.15, 0.2) is 24.3 Å². The van der Waals surface area contributed by atoms with Gasteiger partial charge in [-0.2, -0.15) is 0 Å². The van der Waals surface area contributed by atoms with Crippen molar-refractivity contribution in [1.82, 2.24) is 0 Å². The summed E-state index contributed by atoms with van der Waals surface area (Å²) in [7, 11) is 0. The number of nitrogens with two attached hydrogens (primary N) is 1. The van der Waals surface area contributed by atoms with Gasteiger partial charge in [0, 0.05) is 11.1 Å². The number of nitrogen functional groups attached to an aromatic ring is 1. The number of alkyl halides is 1. The zero-order valence-electron chi connectivity index (χ0n) is 7.39. The standard InChI is InChI=1S/C11H12FN/c12-11-5-10(6-11,7-11)8-2-1-3-9(13)4-8/h1-4H,5-7,13H2. The van der Waals surface area contributed by atoms with E-state index < -0.39 is 5.67 Å². The zero-order valence-corrected chi connectivity index (χ0v) is 7.39. The van der Waals surface area contributed by atoms with Crippen LogP contribution in [-0.2, 0) is 5.41 Å². The Morgan fingerprint density at radius 1 is 1.23 bits per heavy atom. The van der Waals surface area contributed by atoms with Gasteiger partial charge in [0.25, 0.3) is 0 Å². The van der Waals surface area contributed by atoms with E-state index in [0.717, 1.165) is 5.69 Å². The van der Waals surface area contributed by atoms with Gasteiger partial charge < -0.3 is 5.73 Å². The third-order valence-electron chi connectivity index (χ3n) is 3.46. The first-order valence-electron chi connectivity index (χ1n) is 4.67. The van der Waals surface area contributed by atoms with Crippen LogP contribution in [-0.4, -0.2) is 5.67 Å². The molecule has 0 radical (unpaired) electrons. The summed E-state index contributed by atoms with van der Waals surface area (Å²) in [5.74, 6) is 0. The van der Waals surface area contributed by atoms with Crippen LogP contribution >= 0.6 is 0 Å². The topological polar surface area (TPSA) is 26.0 Å². The summed E-state index contributed by atoms with van der Waals surface area (Å²) in [5, 5.41) is 0. The fourth-order valence-corrected chi connectivity index (χ4v) is 2.84. The second-order valence-electron chi connectivity index (χ2n) is 4.59. The SMILES string of the molecule is Nc1cccc(C23CC(F)(C2)C3)c1. The second-order valence-corrected chi connectivity index (χ2v) is 4.59. The predicted molar refractivity (Wildman–Crippen MR) is 50.2 cm³/mol. The van der Waals surface area contributed by atoms with Crippen LogP contribution in [0.2, 0.25) is 0 Å². The van der Waals surface area contributed by atoms with Gasteiger partial charge in [-0.25, -0.2) is 4.39 Å². The zero-order chi connectivity index (χ0) is 9.10. The van der Waals surface area contributed by atoms with Gasteiger partial charge in [-0.1, -0.05) is 12.1 Å². The van der Waals surface area contributed by atoms with Gasteiger partial charge in [0.1, 0.15) is 5.67 Å². The molecule has 2 heteroatoms. The average molecular weight is 177 g/mol. The number of hydrogen-bond acceptors (Lipinski definition) is 1. The highest BCUT2D eigenvalue weighted by Crippen LogP contribution is 2.69. The van der Waals surface area contributed by atoms with Crippen molar-refractivity contribution in [3.63, 3.8) is 0 Å². The summed E-state index contributed by atoms with van der Waals surface area (Å²) in [4.78, 5) is 0. The van der Waals surface area contributed by atoms with E-state index in [1.807, 2.05) is 18.2 Å². The van der Waals surface area contributed by atoms with Gasteiger partial charge in [0.15, 0.2) is 0 Å². The summed E-state index contributed by atoms with van der Waals surface area (Å²) in [6.07, 6.45) is 2.14. The summed E-state index contributed by atoms with van der Waals surface area (Å²) >= 11 is 0. The van der Waals surface area contributed by atoms with E-state index in [9.17, 15) is 4.39 Å². The Morgan fingerprint density at radius 2 is 1.92 bits per heavy atom. The Balaban J connectivity index is 1.95. The number of benzene rings is 1. The Kier molecular flexibility index (Phi) is 1.07. The average Bonchev–Trinajstić information content (AvgIpc) is 1.97. The monoisotopic (exact) mass is 177 g/mol. The molecule has 13 heavy (non-hydrogen) atoms. The number of rotatable bonds is 1. The molecule has 0 amide bonds. The molecule has 0 saturated heterocycles. The van der Waals surface area contributed by atoms with Crippen molar-refractivity contribution in [1.29, 1.82) is 0 Å². The molecule has 3 fully saturated rings. The Labute approximate surface area is 76.7 Å². The lowest BCUT2D eigenvalue weighted by molar-refractivity contribution is -0.158. The summed E-state index contributed by atoms with van der Waals surface area (Å²) in [6, 6.07) is 7.88. The van der Waals surface area contributed by atoms with E-state index in [0.29, 0.717) is 19.3 Å². The first-order valence-corrected chi connectivity index (χ1v) is 4.67. The maximum Gasteiger partial charge on any atom is 0.113 e. The van der Waals surface area contributed by atoms with Crippen LogP contribution in [0, 0.1) is 0 Å². The molecule has 3 aliphatic carbocycles. The minimum absolute atomic E-state index is 0.157. The maximum atomic E-state index is 13.3. The van der Waals surface area contributed by atoms with Crippen molar-refractivity contribution in [2.24, 2.45) is 0 Å². The van der Waals surface area contributed by atoms with Crippen LogP contribution in [0.4, 0.5) is 10.1 Å². The first-order chi connectivity index (χ1) is 6.12. The number of anilines is 1. The number of halogens is 1. The molecule has 1 aromatic carbocycles. The van der Waals surface area contributed by atoms with Gasteiger partial charge in [-0.15, -0.1) is 0 Å². The molecule has 0 aromatic heterocycles. The molecule has 2 bridgehead atoms. The highest BCUT2D eigenvalue weighted by molar-refractivity contribution is 5.48. The van der Waals surface area contributed by atoms with E-state index in [1.165, 1.54) is 5.56 Å². The third kappa shape index (κ3) is 0.808. The van der Waals surface area contributed by atoms with Crippen LogP contribution in [0.25, 0.3) is 0 Å². The minimum atomic E-state index is -0.815. The van der Waals surface area contributed by atoms with Crippen molar-refractivity contribution in [2.45, 2.75) is 30.3 Å². The Bertz CT molecular complexity index is 352. The first kappa shape index (κ1) is 7.36. The Hall–Kier alpha value is -1.05. The molecule has 0 heterocycles. The van der Waals surface area contributed by atoms with Crippen molar-refractivity contribution >= 4 is 5.69 Å². The normalized spacial score (nSPS) is 40.7. The van der Waals surface area contributed by atoms with Crippen LogP contribution in [0.1, 0.15) is 24.8 Å². The largest absolute Gasteiger partial charge is 0.399 e.